The van der Waals surface area contributed by atoms with E-state index in [1.54, 1.807) is 4.90 Å². The van der Waals surface area contributed by atoms with Crippen LogP contribution < -0.4 is 0 Å². The van der Waals surface area contributed by atoms with Gasteiger partial charge in [-0.15, -0.1) is 0 Å². The largest absolute Gasteiger partial charge is 0.445 e. The Hall–Kier alpha value is -3.30. The Bertz CT molecular complexity index is 1130. The average Bonchev–Trinajstić information content (AvgIpc) is 3.49. The molecule has 6 nitrogen and oxygen atoms in total. The topological polar surface area (TPSA) is 72.1 Å². The second-order valence-electron chi connectivity index (χ2n) is 8.13. The van der Waals surface area contributed by atoms with E-state index in [4.69, 9.17) is 4.42 Å². The van der Waals surface area contributed by atoms with Crippen LogP contribution in [0.5, 0.6) is 0 Å². The van der Waals surface area contributed by atoms with Crippen LogP contribution in [0.4, 0.5) is 17.6 Å². The van der Waals surface area contributed by atoms with Crippen LogP contribution in [0, 0.1) is 11.7 Å². The van der Waals surface area contributed by atoms with Gasteiger partial charge in [-0.3, -0.25) is 9.78 Å². The summed E-state index contributed by atoms with van der Waals surface area (Å²) < 4.78 is 57.5. The third-order valence-corrected chi connectivity index (χ3v) is 6.24. The minimum atomic E-state index is -4.54. The van der Waals surface area contributed by atoms with Crippen LogP contribution in [0.3, 0.4) is 0 Å². The molecule has 2 aromatic heterocycles. The summed E-state index contributed by atoms with van der Waals surface area (Å²) in [6.45, 7) is 0. The Balaban J connectivity index is 1.38. The van der Waals surface area contributed by atoms with Crippen LogP contribution in [0.2, 0.25) is 0 Å². The molecule has 2 fully saturated rings. The first-order valence-corrected chi connectivity index (χ1v) is 10.2. The van der Waals surface area contributed by atoms with Crippen molar-refractivity contribution in [2.24, 2.45) is 5.92 Å². The van der Waals surface area contributed by atoms with Gasteiger partial charge in [-0.2, -0.15) is 13.2 Å². The van der Waals surface area contributed by atoms with Gasteiger partial charge in [-0.1, -0.05) is 0 Å². The molecule has 2 aliphatic heterocycles. The van der Waals surface area contributed by atoms with Crippen molar-refractivity contribution >= 4 is 5.91 Å². The monoisotopic (exact) mass is 446 g/mol. The summed E-state index contributed by atoms with van der Waals surface area (Å²) in [7, 11) is 0. The zero-order chi connectivity index (χ0) is 22.5. The number of rotatable bonds is 4. The molecule has 0 saturated carbocycles. The van der Waals surface area contributed by atoms with Crippen molar-refractivity contribution in [3.63, 3.8) is 0 Å². The highest BCUT2D eigenvalue weighted by molar-refractivity contribution is 6.00. The van der Waals surface area contributed by atoms with E-state index in [9.17, 15) is 22.4 Å². The summed E-state index contributed by atoms with van der Waals surface area (Å²) in [6, 6.07) is 3.80. The van der Waals surface area contributed by atoms with Crippen LogP contribution in [-0.4, -0.2) is 37.8 Å². The van der Waals surface area contributed by atoms with Gasteiger partial charge in [-0.05, 0) is 49.8 Å². The lowest BCUT2D eigenvalue weighted by Gasteiger charge is -2.25. The Morgan fingerprint density at radius 3 is 2.69 bits per heavy atom. The predicted molar refractivity (Wildman–Crippen MR) is 104 cm³/mol. The molecule has 3 aromatic rings. The van der Waals surface area contributed by atoms with E-state index in [-0.39, 0.29) is 35.4 Å². The normalized spacial score (nSPS) is 22.5. The van der Waals surface area contributed by atoms with Crippen LogP contribution in [0.15, 0.2) is 47.5 Å². The zero-order valence-electron chi connectivity index (χ0n) is 16.7. The number of hydrogen-bond donors (Lipinski definition) is 0. The van der Waals surface area contributed by atoms with E-state index in [2.05, 4.69) is 15.0 Å². The van der Waals surface area contributed by atoms with Gasteiger partial charge in [0.1, 0.15) is 12.1 Å². The number of carbonyl (C=O) groups is 1. The smallest absolute Gasteiger partial charge is 0.434 e. The van der Waals surface area contributed by atoms with E-state index in [0.717, 1.165) is 25.2 Å². The minimum Gasteiger partial charge on any atom is -0.445 e. The number of oxazole rings is 1. The van der Waals surface area contributed by atoms with E-state index in [0.29, 0.717) is 24.1 Å². The summed E-state index contributed by atoms with van der Waals surface area (Å²) in [5, 5.41) is 0. The van der Waals surface area contributed by atoms with Crippen molar-refractivity contribution in [2.75, 3.05) is 0 Å². The molecule has 0 aliphatic carbocycles. The second-order valence-corrected chi connectivity index (χ2v) is 8.13. The van der Waals surface area contributed by atoms with Crippen molar-refractivity contribution in [1.82, 2.24) is 19.9 Å². The lowest BCUT2D eigenvalue weighted by molar-refractivity contribution is -0.141. The summed E-state index contributed by atoms with van der Waals surface area (Å²) in [5.41, 5.74) is 0.0162. The molecule has 3 atom stereocenters. The molecule has 2 saturated heterocycles. The Kier molecular flexibility index (Phi) is 4.94. The van der Waals surface area contributed by atoms with Crippen molar-refractivity contribution in [2.45, 2.75) is 43.9 Å². The fourth-order valence-corrected chi connectivity index (χ4v) is 4.90. The predicted octanol–water partition coefficient (Wildman–Crippen LogP) is 4.53. The molecule has 1 amide bonds. The number of nitrogens with zero attached hydrogens (tertiary/aromatic N) is 4. The minimum absolute atomic E-state index is 0.0133. The number of amides is 1. The first kappa shape index (κ1) is 20.6. The molecule has 0 radical (unpaired) electrons. The van der Waals surface area contributed by atoms with Crippen molar-refractivity contribution in [3.05, 3.63) is 65.8 Å². The third-order valence-electron chi connectivity index (χ3n) is 6.24. The fourth-order valence-electron chi connectivity index (χ4n) is 4.90. The maximum Gasteiger partial charge on any atom is 0.434 e. The van der Waals surface area contributed by atoms with E-state index in [1.807, 2.05) is 0 Å². The van der Waals surface area contributed by atoms with Crippen molar-refractivity contribution in [3.8, 4) is 11.5 Å². The highest BCUT2D eigenvalue weighted by Gasteiger charge is 2.49. The van der Waals surface area contributed by atoms with Gasteiger partial charge in [0.05, 0.1) is 29.2 Å². The van der Waals surface area contributed by atoms with Crippen molar-refractivity contribution < 1.29 is 26.8 Å². The van der Waals surface area contributed by atoms with E-state index in [1.165, 1.54) is 30.7 Å². The highest BCUT2D eigenvalue weighted by atomic mass is 19.4. The molecule has 0 N–H and O–H groups in total. The Labute approximate surface area is 180 Å². The van der Waals surface area contributed by atoms with Crippen LogP contribution in [0.1, 0.15) is 41.0 Å². The maximum atomic E-state index is 14.0. The van der Waals surface area contributed by atoms with Gasteiger partial charge in [0, 0.05) is 18.3 Å². The van der Waals surface area contributed by atoms with Crippen LogP contribution >= 0.6 is 0 Å². The molecule has 0 spiro atoms. The number of alkyl halides is 3. The quantitative estimate of drug-likeness (QED) is 0.551. The van der Waals surface area contributed by atoms with Crippen LogP contribution in [0.25, 0.3) is 11.5 Å². The standard InChI is InChI=1S/C22H18F4N4O2/c23-13-1-3-16(20-27-5-6-32-20)17(9-13)21(31)30-15-2-4-18(30)12(8-15)7-14-10-29-19(11-28-14)22(24,25)26/h1,3,5-6,9-12,15,18H,2,4,7-8H2. The van der Waals surface area contributed by atoms with Gasteiger partial charge in [0.2, 0.25) is 5.89 Å². The number of fused-ring (bicyclic) bond motifs is 2. The van der Waals surface area contributed by atoms with Gasteiger partial charge in [-0.25, -0.2) is 14.4 Å². The molecule has 2 bridgehead atoms. The number of aromatic nitrogens is 3. The summed E-state index contributed by atoms with van der Waals surface area (Å²) in [6.07, 6.45) is 2.92. The first-order valence-electron chi connectivity index (χ1n) is 10.2. The van der Waals surface area contributed by atoms with Crippen molar-refractivity contribution in [1.29, 1.82) is 0 Å². The number of carbonyl (C=O) groups excluding carboxylic acids is 1. The molecular formula is C22H18F4N4O2. The molecular weight excluding hydrogens is 428 g/mol. The van der Waals surface area contributed by atoms with E-state index >= 15 is 0 Å². The lowest BCUT2D eigenvalue weighted by Crippen LogP contribution is -2.37. The summed E-state index contributed by atoms with van der Waals surface area (Å²) in [5.74, 6) is -0.558. The lowest BCUT2D eigenvalue weighted by atomic mass is 9.86. The van der Waals surface area contributed by atoms with Gasteiger partial charge in [0.25, 0.3) is 5.91 Å². The number of halogens is 4. The molecule has 3 unspecified atom stereocenters. The SMILES string of the molecule is O=C(c1cc(F)ccc1-c1ncco1)N1C2CCC1C(Cc1cnc(C(F)(F)F)cn1)C2. The first-order chi connectivity index (χ1) is 15.3. The third kappa shape index (κ3) is 3.63. The Morgan fingerprint density at radius 1 is 1.16 bits per heavy atom. The number of hydrogen-bond acceptors (Lipinski definition) is 5. The summed E-state index contributed by atoms with van der Waals surface area (Å²) in [4.78, 5) is 26.7. The molecule has 166 valence electrons. The maximum absolute atomic E-state index is 14.0. The second kappa shape index (κ2) is 7.68. The highest BCUT2D eigenvalue weighted by Crippen LogP contribution is 2.44. The summed E-state index contributed by atoms with van der Waals surface area (Å²) >= 11 is 0. The average molecular weight is 446 g/mol. The molecule has 5 rings (SSSR count). The van der Waals surface area contributed by atoms with Gasteiger partial charge >= 0.3 is 6.18 Å². The molecule has 1 aromatic carbocycles. The molecule has 32 heavy (non-hydrogen) atoms. The zero-order valence-corrected chi connectivity index (χ0v) is 16.7. The van der Waals surface area contributed by atoms with Gasteiger partial charge < -0.3 is 9.32 Å². The van der Waals surface area contributed by atoms with Crippen LogP contribution in [-0.2, 0) is 12.6 Å². The molecule has 4 heterocycles. The number of benzene rings is 1. The molecule has 10 heteroatoms. The molecule has 2 aliphatic rings. The fraction of sp³-hybridized carbons (Fsp3) is 0.364. The Morgan fingerprint density at radius 2 is 2.00 bits per heavy atom. The van der Waals surface area contributed by atoms with E-state index < -0.39 is 17.7 Å². The van der Waals surface area contributed by atoms with Gasteiger partial charge in [0.15, 0.2) is 5.69 Å².